The molecule has 2 saturated heterocycles. The molecular weight excluding hydrogens is 274 g/mol. The lowest BCUT2D eigenvalue weighted by Gasteiger charge is -2.59. The highest BCUT2D eigenvalue weighted by molar-refractivity contribution is 5.82. The summed E-state index contributed by atoms with van der Waals surface area (Å²) in [5.74, 6) is 2.20. The van der Waals surface area contributed by atoms with Gasteiger partial charge in [0.2, 0.25) is 0 Å². The molecule has 1 aromatic rings. The first-order valence-corrected chi connectivity index (χ1v) is 8.66. The summed E-state index contributed by atoms with van der Waals surface area (Å²) < 4.78 is 0. The fourth-order valence-electron chi connectivity index (χ4n) is 5.41. The van der Waals surface area contributed by atoms with E-state index in [1.54, 1.807) is 0 Å². The van der Waals surface area contributed by atoms with E-state index in [-0.39, 0.29) is 5.92 Å². The number of phenolic OH excluding ortho intramolecular Hbond substituents is 1. The monoisotopic (exact) mass is 299 g/mol. The second kappa shape index (κ2) is 5.09. The van der Waals surface area contributed by atoms with Crippen LogP contribution in [-0.4, -0.2) is 34.9 Å². The Labute approximate surface area is 132 Å². The number of rotatable bonds is 3. The Morgan fingerprint density at radius 3 is 2.91 bits per heavy atom. The van der Waals surface area contributed by atoms with Crippen LogP contribution in [-0.2, 0) is 11.2 Å². The lowest BCUT2D eigenvalue weighted by Crippen LogP contribution is -2.63. The van der Waals surface area contributed by atoms with Gasteiger partial charge in [-0.25, -0.2) is 0 Å². The zero-order valence-corrected chi connectivity index (χ0v) is 13.5. The topological polar surface area (TPSA) is 40.5 Å². The number of Topliss-reactive ketones (excluding diaryl/α,β-unsaturated/α-hetero) is 1. The lowest BCUT2D eigenvalue weighted by atomic mass is 9.56. The molecule has 5 unspecified atom stereocenters. The zero-order valence-electron chi connectivity index (χ0n) is 13.5. The molecule has 4 bridgehead atoms. The first-order valence-electron chi connectivity index (χ1n) is 8.66. The SMILES string of the molecule is CCCC(=O)C1CC2C3CC1N(C)C2Cc1ccc(O)cc13. The third-order valence-corrected chi connectivity index (χ3v) is 6.41. The van der Waals surface area contributed by atoms with E-state index in [1.807, 2.05) is 12.1 Å². The highest BCUT2D eigenvalue weighted by Crippen LogP contribution is 2.54. The predicted octanol–water partition coefficient (Wildman–Crippen LogP) is 3.11. The first kappa shape index (κ1) is 14.3. The van der Waals surface area contributed by atoms with Gasteiger partial charge in [-0.05, 0) is 67.8 Å². The van der Waals surface area contributed by atoms with E-state index in [9.17, 15) is 9.90 Å². The number of hydrogen-bond acceptors (Lipinski definition) is 3. The zero-order chi connectivity index (χ0) is 15.4. The maximum atomic E-state index is 12.5. The summed E-state index contributed by atoms with van der Waals surface area (Å²) in [6.45, 7) is 2.09. The highest BCUT2D eigenvalue weighted by atomic mass is 16.3. The Morgan fingerprint density at radius 1 is 1.32 bits per heavy atom. The molecule has 4 aliphatic rings. The minimum Gasteiger partial charge on any atom is -0.508 e. The van der Waals surface area contributed by atoms with E-state index in [0.717, 1.165) is 32.1 Å². The first-order chi connectivity index (χ1) is 10.6. The Kier molecular flexibility index (Phi) is 3.30. The number of ketones is 1. The van der Waals surface area contributed by atoms with Crippen molar-refractivity contribution in [2.45, 2.75) is 57.0 Å². The molecule has 3 nitrogen and oxygen atoms in total. The van der Waals surface area contributed by atoms with Crippen LogP contribution in [0.1, 0.15) is 49.7 Å². The predicted molar refractivity (Wildman–Crippen MR) is 86.0 cm³/mol. The van der Waals surface area contributed by atoms with Crippen molar-refractivity contribution in [3.8, 4) is 5.75 Å². The third-order valence-electron chi connectivity index (χ3n) is 6.41. The van der Waals surface area contributed by atoms with E-state index >= 15 is 0 Å². The largest absolute Gasteiger partial charge is 0.508 e. The number of carbonyl (C=O) groups is 1. The summed E-state index contributed by atoms with van der Waals surface area (Å²) in [7, 11) is 2.22. The standard InChI is InChI=1S/C19H25NO2/c1-3-4-19(22)16-9-15-14-10-18(16)20(2)17(15)7-11-5-6-12(21)8-13(11)14/h5-6,8,14-18,21H,3-4,7,9-10H2,1-2H3. The van der Waals surface area contributed by atoms with Crippen LogP contribution in [0, 0.1) is 11.8 Å². The quantitative estimate of drug-likeness (QED) is 0.932. The second-order valence-electron chi connectivity index (χ2n) is 7.45. The van der Waals surface area contributed by atoms with Gasteiger partial charge < -0.3 is 5.11 Å². The molecule has 5 rings (SSSR count). The van der Waals surface area contributed by atoms with Crippen molar-refractivity contribution >= 4 is 5.78 Å². The summed E-state index contributed by atoms with van der Waals surface area (Å²) in [6, 6.07) is 6.85. The number of nitrogens with zero attached hydrogens (tertiary/aromatic N) is 1. The van der Waals surface area contributed by atoms with Crippen molar-refractivity contribution in [1.29, 1.82) is 0 Å². The third kappa shape index (κ3) is 1.95. The van der Waals surface area contributed by atoms with Crippen molar-refractivity contribution in [1.82, 2.24) is 4.90 Å². The van der Waals surface area contributed by atoms with Crippen molar-refractivity contribution < 1.29 is 9.90 Å². The molecule has 0 aromatic heterocycles. The van der Waals surface area contributed by atoms with Gasteiger partial charge in [-0.2, -0.15) is 0 Å². The van der Waals surface area contributed by atoms with Crippen LogP contribution in [0.3, 0.4) is 0 Å². The van der Waals surface area contributed by atoms with Crippen molar-refractivity contribution in [3.63, 3.8) is 0 Å². The number of aromatic hydroxyl groups is 1. The molecule has 1 aromatic carbocycles. The molecule has 2 heterocycles. The van der Waals surface area contributed by atoms with Crippen LogP contribution >= 0.6 is 0 Å². The van der Waals surface area contributed by atoms with Gasteiger partial charge in [0, 0.05) is 24.4 Å². The average Bonchev–Trinajstić information content (AvgIpc) is 2.51. The minimum atomic E-state index is 0.237. The lowest BCUT2D eigenvalue weighted by molar-refractivity contribution is -0.134. The molecule has 0 spiro atoms. The van der Waals surface area contributed by atoms with Crippen LogP contribution in [0.5, 0.6) is 5.75 Å². The fraction of sp³-hybridized carbons (Fsp3) is 0.632. The molecule has 0 radical (unpaired) electrons. The number of likely N-dealkylation sites (N-methyl/N-ethyl adjacent to an activating group) is 1. The van der Waals surface area contributed by atoms with Crippen molar-refractivity contribution in [2.24, 2.45) is 11.8 Å². The number of carbonyl (C=O) groups excluding carboxylic acids is 1. The van der Waals surface area contributed by atoms with E-state index in [0.29, 0.717) is 35.5 Å². The molecule has 2 aliphatic carbocycles. The molecule has 0 amide bonds. The second-order valence-corrected chi connectivity index (χ2v) is 7.45. The van der Waals surface area contributed by atoms with Crippen LogP contribution < -0.4 is 0 Å². The minimum absolute atomic E-state index is 0.237. The Bertz CT molecular complexity index is 611. The number of benzene rings is 1. The molecule has 1 N–H and O–H groups in total. The number of phenols is 1. The van der Waals surface area contributed by atoms with Crippen LogP contribution in [0.4, 0.5) is 0 Å². The van der Waals surface area contributed by atoms with Crippen LogP contribution in [0.25, 0.3) is 0 Å². The summed E-state index contributed by atoms with van der Waals surface area (Å²) >= 11 is 0. The fourth-order valence-corrected chi connectivity index (χ4v) is 5.41. The number of hydrogen-bond donors (Lipinski definition) is 1. The van der Waals surface area contributed by atoms with Gasteiger partial charge in [0.25, 0.3) is 0 Å². The maximum absolute atomic E-state index is 12.5. The van der Waals surface area contributed by atoms with Gasteiger partial charge >= 0.3 is 0 Å². The van der Waals surface area contributed by atoms with Gasteiger partial charge in [0.15, 0.2) is 0 Å². The van der Waals surface area contributed by atoms with Gasteiger partial charge in [0.1, 0.15) is 11.5 Å². The van der Waals surface area contributed by atoms with Gasteiger partial charge in [0.05, 0.1) is 0 Å². The molecule has 118 valence electrons. The van der Waals surface area contributed by atoms with Crippen molar-refractivity contribution in [2.75, 3.05) is 7.05 Å². The molecule has 3 heteroatoms. The molecule has 3 fully saturated rings. The molecular formula is C19H25NO2. The van der Waals surface area contributed by atoms with E-state index in [1.165, 1.54) is 11.1 Å². The van der Waals surface area contributed by atoms with E-state index in [4.69, 9.17) is 0 Å². The number of piperidine rings is 2. The normalized spacial score (nSPS) is 36.2. The van der Waals surface area contributed by atoms with Gasteiger partial charge in [-0.15, -0.1) is 0 Å². The summed E-state index contributed by atoms with van der Waals surface area (Å²) in [4.78, 5) is 15.0. The molecule has 1 saturated carbocycles. The summed E-state index contributed by atoms with van der Waals surface area (Å²) in [5, 5.41) is 9.85. The molecule has 22 heavy (non-hydrogen) atoms. The Balaban J connectivity index is 1.68. The molecule has 5 atom stereocenters. The summed E-state index contributed by atoms with van der Waals surface area (Å²) in [5.41, 5.74) is 2.74. The highest BCUT2D eigenvalue weighted by Gasteiger charge is 2.54. The maximum Gasteiger partial charge on any atom is 0.137 e. The smallest absolute Gasteiger partial charge is 0.137 e. The van der Waals surface area contributed by atoms with E-state index in [2.05, 4.69) is 24.9 Å². The number of fused-ring (bicyclic) bond motifs is 2. The van der Waals surface area contributed by atoms with Crippen LogP contribution in [0.2, 0.25) is 0 Å². The Morgan fingerprint density at radius 2 is 2.14 bits per heavy atom. The Hall–Kier alpha value is -1.35. The van der Waals surface area contributed by atoms with Gasteiger partial charge in [-0.3, -0.25) is 9.69 Å². The van der Waals surface area contributed by atoms with Gasteiger partial charge in [-0.1, -0.05) is 13.0 Å². The van der Waals surface area contributed by atoms with Crippen LogP contribution in [0.15, 0.2) is 18.2 Å². The van der Waals surface area contributed by atoms with Crippen molar-refractivity contribution in [3.05, 3.63) is 29.3 Å². The molecule has 2 aliphatic heterocycles. The summed E-state index contributed by atoms with van der Waals surface area (Å²) in [6.07, 6.45) is 4.89. The average molecular weight is 299 g/mol. The van der Waals surface area contributed by atoms with E-state index < -0.39 is 0 Å².